The van der Waals surface area contributed by atoms with Crippen LogP contribution in [0.25, 0.3) is 0 Å². The summed E-state index contributed by atoms with van der Waals surface area (Å²) in [5, 5.41) is 27.6. The Kier molecular flexibility index (Phi) is 5.74. The van der Waals surface area contributed by atoms with Gasteiger partial charge in [-0.25, -0.2) is 4.79 Å². The summed E-state index contributed by atoms with van der Waals surface area (Å²) in [5.41, 5.74) is 0.830. The molecule has 6 heteroatoms. The smallest absolute Gasteiger partial charge is 0.340 e. The minimum Gasteiger partial charge on any atom is -0.461 e. The number of carbonyl (C=O) groups is 1. The van der Waals surface area contributed by atoms with Crippen LogP contribution in [0.2, 0.25) is 0 Å². The summed E-state index contributed by atoms with van der Waals surface area (Å²) in [7, 11) is 0. The summed E-state index contributed by atoms with van der Waals surface area (Å²) < 4.78 is 5.16. The van der Waals surface area contributed by atoms with Crippen molar-refractivity contribution in [3.63, 3.8) is 0 Å². The first-order valence-corrected chi connectivity index (χ1v) is 6.58. The Morgan fingerprint density at radius 3 is 2.30 bits per heavy atom. The predicted molar refractivity (Wildman–Crippen MR) is 73.6 cm³/mol. The standard InChI is InChI=1S/C14H23NO5/c1-9(2)12-11(10(3)4-15-12)13(19)20-8-14(5-16,6-17)7-18/h4,9,15-18H,5-8H2,1-3H3. The number of hydrogen-bond acceptors (Lipinski definition) is 5. The van der Waals surface area contributed by atoms with Crippen LogP contribution in [0, 0.1) is 12.3 Å². The summed E-state index contributed by atoms with van der Waals surface area (Å²) in [5.74, 6) is -0.378. The lowest BCUT2D eigenvalue weighted by Gasteiger charge is -2.26. The van der Waals surface area contributed by atoms with Crippen molar-refractivity contribution in [1.82, 2.24) is 4.98 Å². The molecule has 1 aromatic rings. The third kappa shape index (κ3) is 3.39. The lowest BCUT2D eigenvalue weighted by atomic mass is 9.92. The number of aromatic amines is 1. The van der Waals surface area contributed by atoms with Gasteiger partial charge in [-0.1, -0.05) is 13.8 Å². The minimum absolute atomic E-state index is 0.143. The molecule has 0 aliphatic carbocycles. The number of nitrogens with one attached hydrogen (secondary N) is 1. The molecule has 0 spiro atoms. The number of esters is 1. The van der Waals surface area contributed by atoms with Crippen molar-refractivity contribution < 1.29 is 24.9 Å². The lowest BCUT2D eigenvalue weighted by Crippen LogP contribution is -2.39. The van der Waals surface area contributed by atoms with Gasteiger partial charge in [0.2, 0.25) is 0 Å². The Morgan fingerprint density at radius 2 is 1.85 bits per heavy atom. The van der Waals surface area contributed by atoms with Crippen LogP contribution >= 0.6 is 0 Å². The predicted octanol–water partition coefficient (Wildman–Crippen LogP) is 0.567. The van der Waals surface area contributed by atoms with Gasteiger partial charge < -0.3 is 25.0 Å². The molecular weight excluding hydrogens is 262 g/mol. The number of aryl methyl sites for hydroxylation is 1. The molecule has 0 fully saturated rings. The number of aliphatic hydroxyl groups excluding tert-OH is 3. The van der Waals surface area contributed by atoms with E-state index in [1.54, 1.807) is 13.1 Å². The van der Waals surface area contributed by atoms with Gasteiger partial charge in [0.15, 0.2) is 0 Å². The molecule has 1 aromatic heterocycles. The highest BCUT2D eigenvalue weighted by molar-refractivity contribution is 5.92. The van der Waals surface area contributed by atoms with Crippen LogP contribution in [0.15, 0.2) is 6.20 Å². The molecule has 0 bridgehead atoms. The molecule has 6 nitrogen and oxygen atoms in total. The van der Waals surface area contributed by atoms with Crippen molar-refractivity contribution in [2.24, 2.45) is 5.41 Å². The highest BCUT2D eigenvalue weighted by Crippen LogP contribution is 2.23. The lowest BCUT2D eigenvalue weighted by molar-refractivity contribution is -0.0441. The Morgan fingerprint density at radius 1 is 1.30 bits per heavy atom. The van der Waals surface area contributed by atoms with Crippen molar-refractivity contribution in [3.05, 3.63) is 23.0 Å². The van der Waals surface area contributed by atoms with Gasteiger partial charge in [0.25, 0.3) is 0 Å². The molecule has 1 heterocycles. The Labute approximate surface area is 118 Å². The SMILES string of the molecule is Cc1c[nH]c(C(C)C)c1C(=O)OCC(CO)(CO)CO. The van der Waals surface area contributed by atoms with Crippen molar-refractivity contribution >= 4 is 5.97 Å². The summed E-state index contributed by atoms with van der Waals surface area (Å²) >= 11 is 0. The van der Waals surface area contributed by atoms with Crippen molar-refractivity contribution in [2.45, 2.75) is 26.7 Å². The van der Waals surface area contributed by atoms with E-state index in [-0.39, 0.29) is 12.5 Å². The summed E-state index contributed by atoms with van der Waals surface area (Å²) in [6.07, 6.45) is 1.74. The molecule has 0 saturated heterocycles. The zero-order valence-corrected chi connectivity index (χ0v) is 12.1. The maximum atomic E-state index is 12.2. The highest BCUT2D eigenvalue weighted by Gasteiger charge is 2.31. The second-order valence-electron chi connectivity index (χ2n) is 5.47. The van der Waals surface area contributed by atoms with Gasteiger partial charge in [0.1, 0.15) is 6.61 Å². The average Bonchev–Trinajstić information content (AvgIpc) is 2.83. The van der Waals surface area contributed by atoms with Crippen LogP contribution in [-0.4, -0.2) is 52.7 Å². The molecule has 0 saturated carbocycles. The molecule has 114 valence electrons. The molecule has 0 aliphatic rings. The fraction of sp³-hybridized carbons (Fsp3) is 0.643. The first kappa shape index (κ1) is 16.7. The van der Waals surface area contributed by atoms with Crippen LogP contribution < -0.4 is 0 Å². The fourth-order valence-electron chi connectivity index (χ4n) is 1.85. The van der Waals surface area contributed by atoms with Gasteiger partial charge >= 0.3 is 5.97 Å². The van der Waals surface area contributed by atoms with E-state index in [0.717, 1.165) is 11.3 Å². The first-order valence-electron chi connectivity index (χ1n) is 6.58. The van der Waals surface area contributed by atoms with Gasteiger partial charge in [-0.3, -0.25) is 0 Å². The Balaban J connectivity index is 2.85. The molecule has 1 rings (SSSR count). The van der Waals surface area contributed by atoms with Gasteiger partial charge in [-0.05, 0) is 18.4 Å². The molecule has 0 amide bonds. The normalized spacial score (nSPS) is 11.9. The third-order valence-corrected chi connectivity index (χ3v) is 3.41. The highest BCUT2D eigenvalue weighted by atomic mass is 16.5. The number of aliphatic hydroxyl groups is 3. The van der Waals surface area contributed by atoms with Crippen LogP contribution in [-0.2, 0) is 4.74 Å². The van der Waals surface area contributed by atoms with Crippen LogP contribution in [0.4, 0.5) is 0 Å². The summed E-state index contributed by atoms with van der Waals surface area (Å²) in [6.45, 7) is 4.10. The zero-order chi connectivity index (χ0) is 15.3. The monoisotopic (exact) mass is 285 g/mol. The van der Waals surface area contributed by atoms with E-state index in [1.807, 2.05) is 13.8 Å². The maximum absolute atomic E-state index is 12.2. The topological polar surface area (TPSA) is 103 Å². The second kappa shape index (κ2) is 6.88. The molecule has 4 N–H and O–H groups in total. The molecule has 0 unspecified atom stereocenters. The van der Waals surface area contributed by atoms with Crippen LogP contribution in [0.5, 0.6) is 0 Å². The fourth-order valence-corrected chi connectivity index (χ4v) is 1.85. The summed E-state index contributed by atoms with van der Waals surface area (Å²) in [4.78, 5) is 15.2. The van der Waals surface area contributed by atoms with Crippen molar-refractivity contribution in [2.75, 3.05) is 26.4 Å². The van der Waals surface area contributed by atoms with Crippen molar-refractivity contribution in [1.29, 1.82) is 0 Å². The average molecular weight is 285 g/mol. The number of H-pyrrole nitrogens is 1. The van der Waals surface area contributed by atoms with Gasteiger partial charge in [-0.2, -0.15) is 0 Å². The quantitative estimate of drug-likeness (QED) is 0.548. The van der Waals surface area contributed by atoms with Crippen LogP contribution in [0.3, 0.4) is 0 Å². The number of hydrogen-bond donors (Lipinski definition) is 4. The van der Waals surface area contributed by atoms with Gasteiger partial charge in [-0.15, -0.1) is 0 Å². The molecule has 0 atom stereocenters. The van der Waals surface area contributed by atoms with E-state index < -0.39 is 31.2 Å². The number of ether oxygens (including phenoxy) is 1. The maximum Gasteiger partial charge on any atom is 0.340 e. The second-order valence-corrected chi connectivity index (χ2v) is 5.47. The van der Waals surface area contributed by atoms with Gasteiger partial charge in [0, 0.05) is 11.9 Å². The Bertz CT molecular complexity index is 440. The molecule has 0 aliphatic heterocycles. The number of carbonyl (C=O) groups excluding carboxylic acids is 1. The van der Waals surface area contributed by atoms with E-state index in [9.17, 15) is 20.1 Å². The van der Waals surface area contributed by atoms with E-state index in [0.29, 0.717) is 5.56 Å². The first-order chi connectivity index (χ1) is 9.40. The third-order valence-electron chi connectivity index (χ3n) is 3.41. The van der Waals surface area contributed by atoms with E-state index in [1.165, 1.54) is 0 Å². The number of aromatic nitrogens is 1. The Hall–Kier alpha value is -1.37. The largest absolute Gasteiger partial charge is 0.461 e. The van der Waals surface area contributed by atoms with Crippen molar-refractivity contribution in [3.8, 4) is 0 Å². The summed E-state index contributed by atoms with van der Waals surface area (Å²) in [6, 6.07) is 0. The van der Waals surface area contributed by atoms with E-state index >= 15 is 0 Å². The molecule has 20 heavy (non-hydrogen) atoms. The van der Waals surface area contributed by atoms with Crippen LogP contribution in [0.1, 0.15) is 41.4 Å². The van der Waals surface area contributed by atoms with E-state index in [2.05, 4.69) is 4.98 Å². The van der Waals surface area contributed by atoms with E-state index in [4.69, 9.17) is 4.74 Å². The minimum atomic E-state index is -1.21. The van der Waals surface area contributed by atoms with Gasteiger partial charge in [0.05, 0.1) is 30.8 Å². The molecule has 0 radical (unpaired) electrons. The molecule has 0 aromatic carbocycles. The number of rotatable bonds is 7. The molecular formula is C14H23NO5. The zero-order valence-electron chi connectivity index (χ0n) is 12.1.